The smallest absolute Gasteiger partial charge is 0.351 e. The van der Waals surface area contributed by atoms with Crippen LogP contribution in [0.3, 0.4) is 0 Å². The van der Waals surface area contributed by atoms with Gasteiger partial charge in [0.2, 0.25) is 0 Å². The summed E-state index contributed by atoms with van der Waals surface area (Å²) in [6.07, 6.45) is -5.68. The number of hydrogen-bond acceptors (Lipinski definition) is 8. The summed E-state index contributed by atoms with van der Waals surface area (Å²) in [5.41, 5.74) is 4.56. The van der Waals surface area contributed by atoms with Crippen molar-refractivity contribution in [1.29, 1.82) is 0 Å². The lowest BCUT2D eigenvalue weighted by Gasteiger charge is -2.40. The van der Waals surface area contributed by atoms with Gasteiger partial charge in [0.15, 0.2) is 6.23 Å². The van der Waals surface area contributed by atoms with Gasteiger partial charge < -0.3 is 30.9 Å². The Balaban J connectivity index is 2.35. The zero-order chi connectivity index (χ0) is 14.2. The SMILES string of the molecule is Nc1ccn([C@@H]2O[C@H](CO)[C@H](O)[C@H](O)[C@H]2O)c(=O)n1. The molecule has 0 radical (unpaired) electrons. The fraction of sp³-hybridized carbons (Fsp3) is 0.600. The molecule has 0 aromatic carbocycles. The Kier molecular flexibility index (Phi) is 3.83. The molecule has 0 spiro atoms. The standard InChI is InChI=1S/C10H15N3O6/c11-5-1-2-13(10(18)12-5)9-8(17)7(16)6(15)4(3-14)19-9/h1-2,4,6-9,14-17H,3H2,(H2,11,12,18)/t4-,6+,7+,8-,9-/m1/s1. The molecule has 9 nitrogen and oxygen atoms in total. The van der Waals surface area contributed by atoms with Crippen LogP contribution in [0.5, 0.6) is 0 Å². The third-order valence-electron chi connectivity index (χ3n) is 2.99. The fourth-order valence-corrected chi connectivity index (χ4v) is 1.93. The Labute approximate surface area is 107 Å². The molecule has 1 aromatic heterocycles. The molecule has 19 heavy (non-hydrogen) atoms. The van der Waals surface area contributed by atoms with Gasteiger partial charge in [-0.25, -0.2) is 4.79 Å². The second kappa shape index (κ2) is 5.23. The van der Waals surface area contributed by atoms with Gasteiger partial charge in [-0.2, -0.15) is 4.98 Å². The summed E-state index contributed by atoms with van der Waals surface area (Å²) in [5.74, 6) is 0.00541. The fourth-order valence-electron chi connectivity index (χ4n) is 1.93. The van der Waals surface area contributed by atoms with Crippen LogP contribution >= 0.6 is 0 Å². The third-order valence-corrected chi connectivity index (χ3v) is 2.99. The number of hydrogen-bond donors (Lipinski definition) is 5. The summed E-state index contributed by atoms with van der Waals surface area (Å²) in [6.45, 7) is -0.571. The summed E-state index contributed by atoms with van der Waals surface area (Å²) < 4.78 is 6.14. The van der Waals surface area contributed by atoms with Gasteiger partial charge in [0.1, 0.15) is 30.2 Å². The molecule has 1 saturated heterocycles. The number of nitrogens with two attached hydrogens (primary N) is 1. The van der Waals surface area contributed by atoms with Crippen LogP contribution in [0.25, 0.3) is 0 Å². The van der Waals surface area contributed by atoms with Crippen LogP contribution < -0.4 is 11.4 Å². The van der Waals surface area contributed by atoms with Gasteiger partial charge in [-0.3, -0.25) is 4.57 Å². The van der Waals surface area contributed by atoms with Crippen molar-refractivity contribution in [2.75, 3.05) is 12.3 Å². The molecule has 106 valence electrons. The lowest BCUT2D eigenvalue weighted by Crippen LogP contribution is -2.57. The first kappa shape index (κ1) is 13.9. The molecule has 0 bridgehead atoms. The summed E-state index contributed by atoms with van der Waals surface area (Å²) in [7, 11) is 0. The van der Waals surface area contributed by atoms with E-state index in [1.165, 1.54) is 12.3 Å². The molecule has 5 atom stereocenters. The monoisotopic (exact) mass is 273 g/mol. The lowest BCUT2D eigenvalue weighted by atomic mass is 9.98. The van der Waals surface area contributed by atoms with Crippen LogP contribution in [0.1, 0.15) is 6.23 Å². The first-order valence-corrected chi connectivity index (χ1v) is 5.61. The molecule has 1 aromatic rings. The van der Waals surface area contributed by atoms with Gasteiger partial charge in [0.25, 0.3) is 0 Å². The number of aromatic nitrogens is 2. The minimum absolute atomic E-state index is 0.00541. The van der Waals surface area contributed by atoms with E-state index in [0.717, 1.165) is 4.57 Å². The Morgan fingerprint density at radius 3 is 2.58 bits per heavy atom. The highest BCUT2D eigenvalue weighted by atomic mass is 16.6. The molecule has 0 unspecified atom stereocenters. The number of rotatable bonds is 2. The topological polar surface area (TPSA) is 151 Å². The van der Waals surface area contributed by atoms with E-state index >= 15 is 0 Å². The molecule has 0 aliphatic carbocycles. The highest BCUT2D eigenvalue weighted by molar-refractivity contribution is 5.23. The van der Waals surface area contributed by atoms with E-state index in [1.54, 1.807) is 0 Å². The van der Waals surface area contributed by atoms with Crippen LogP contribution in [0.15, 0.2) is 17.1 Å². The molecule has 1 aliphatic rings. The zero-order valence-corrected chi connectivity index (χ0v) is 9.83. The summed E-state index contributed by atoms with van der Waals surface area (Å²) in [5, 5.41) is 38.1. The maximum atomic E-state index is 11.6. The second-order valence-corrected chi connectivity index (χ2v) is 4.26. The van der Waals surface area contributed by atoms with E-state index in [0.29, 0.717) is 0 Å². The van der Waals surface area contributed by atoms with E-state index in [9.17, 15) is 20.1 Å². The van der Waals surface area contributed by atoms with Crippen LogP contribution in [0.4, 0.5) is 5.82 Å². The molecule has 6 N–H and O–H groups in total. The third kappa shape index (κ3) is 2.46. The number of ether oxygens (including phenoxy) is 1. The van der Waals surface area contributed by atoms with Crippen molar-refractivity contribution in [2.45, 2.75) is 30.6 Å². The second-order valence-electron chi connectivity index (χ2n) is 4.26. The van der Waals surface area contributed by atoms with Crippen molar-refractivity contribution in [3.8, 4) is 0 Å². The highest BCUT2D eigenvalue weighted by Crippen LogP contribution is 2.27. The van der Waals surface area contributed by atoms with E-state index in [1.807, 2.05) is 0 Å². The van der Waals surface area contributed by atoms with Crippen LogP contribution in [0.2, 0.25) is 0 Å². The summed E-state index contributed by atoms with van der Waals surface area (Å²) >= 11 is 0. The van der Waals surface area contributed by atoms with Gasteiger partial charge in [-0.05, 0) is 6.07 Å². The maximum absolute atomic E-state index is 11.6. The molecule has 2 rings (SSSR count). The molecule has 0 saturated carbocycles. The average Bonchev–Trinajstić information content (AvgIpc) is 2.38. The number of nitrogens with zero attached hydrogens (tertiary/aromatic N) is 2. The largest absolute Gasteiger partial charge is 0.394 e. The van der Waals surface area contributed by atoms with Crippen LogP contribution in [-0.2, 0) is 4.74 Å². The number of aliphatic hydroxyl groups excluding tert-OH is 4. The molecule has 0 amide bonds. The normalized spacial score (nSPS) is 35.3. The minimum atomic E-state index is -1.56. The van der Waals surface area contributed by atoms with E-state index in [2.05, 4.69) is 4.98 Å². The summed E-state index contributed by atoms with van der Waals surface area (Å²) in [4.78, 5) is 15.1. The molecule has 9 heteroatoms. The van der Waals surface area contributed by atoms with Crippen molar-refractivity contribution in [1.82, 2.24) is 9.55 Å². The Morgan fingerprint density at radius 1 is 1.32 bits per heavy atom. The molecule has 2 heterocycles. The van der Waals surface area contributed by atoms with Gasteiger partial charge in [0, 0.05) is 6.20 Å². The molecular weight excluding hydrogens is 258 g/mol. The summed E-state index contributed by atoms with van der Waals surface area (Å²) in [6, 6.07) is 1.32. The van der Waals surface area contributed by atoms with E-state index in [4.69, 9.17) is 15.6 Å². The highest BCUT2D eigenvalue weighted by Gasteiger charge is 2.44. The molecular formula is C10H15N3O6. The van der Waals surface area contributed by atoms with Crippen molar-refractivity contribution >= 4 is 5.82 Å². The van der Waals surface area contributed by atoms with Crippen molar-refractivity contribution in [3.05, 3.63) is 22.7 Å². The van der Waals surface area contributed by atoms with Crippen molar-refractivity contribution < 1.29 is 25.2 Å². The number of anilines is 1. The quantitative estimate of drug-likeness (QED) is 0.378. The number of nitrogen functional groups attached to an aromatic ring is 1. The minimum Gasteiger partial charge on any atom is -0.394 e. The van der Waals surface area contributed by atoms with Crippen LogP contribution in [0, 0.1) is 0 Å². The first-order chi connectivity index (χ1) is 8.95. The van der Waals surface area contributed by atoms with Crippen LogP contribution in [-0.4, -0.2) is 61.0 Å². The predicted molar refractivity (Wildman–Crippen MR) is 61.9 cm³/mol. The molecule has 1 fully saturated rings. The van der Waals surface area contributed by atoms with E-state index < -0.39 is 42.9 Å². The van der Waals surface area contributed by atoms with Crippen molar-refractivity contribution in [3.63, 3.8) is 0 Å². The molecule has 1 aliphatic heterocycles. The Hall–Kier alpha value is -1.52. The van der Waals surface area contributed by atoms with E-state index in [-0.39, 0.29) is 5.82 Å². The maximum Gasteiger partial charge on any atom is 0.351 e. The number of aliphatic hydroxyl groups is 4. The van der Waals surface area contributed by atoms with Gasteiger partial charge in [0.05, 0.1) is 6.61 Å². The zero-order valence-electron chi connectivity index (χ0n) is 9.83. The first-order valence-electron chi connectivity index (χ1n) is 5.61. The predicted octanol–water partition coefficient (Wildman–Crippen LogP) is -3.20. The van der Waals surface area contributed by atoms with Crippen molar-refractivity contribution in [2.24, 2.45) is 0 Å². The lowest BCUT2D eigenvalue weighted by molar-refractivity contribution is -0.252. The van der Waals surface area contributed by atoms with Gasteiger partial charge in [-0.15, -0.1) is 0 Å². The van der Waals surface area contributed by atoms with Gasteiger partial charge >= 0.3 is 5.69 Å². The van der Waals surface area contributed by atoms with Gasteiger partial charge in [-0.1, -0.05) is 0 Å². The Morgan fingerprint density at radius 2 is 2.00 bits per heavy atom. The average molecular weight is 273 g/mol. The Bertz CT molecular complexity index is 504.